The van der Waals surface area contributed by atoms with Gasteiger partial charge in [0.25, 0.3) is 0 Å². The van der Waals surface area contributed by atoms with Gasteiger partial charge in [0.1, 0.15) is 0 Å². The predicted molar refractivity (Wildman–Crippen MR) is 69.6 cm³/mol. The fraction of sp³-hybridized carbons (Fsp3) is 0.692. The monoisotopic (exact) mass is 254 g/mol. The molecule has 2 unspecified atom stereocenters. The van der Waals surface area contributed by atoms with Gasteiger partial charge in [0.15, 0.2) is 0 Å². The molecule has 0 bridgehead atoms. The average Bonchev–Trinajstić information content (AvgIpc) is 2.35. The van der Waals surface area contributed by atoms with E-state index in [1.165, 1.54) is 0 Å². The van der Waals surface area contributed by atoms with Crippen LogP contribution in [0.15, 0.2) is 11.6 Å². The minimum Gasteiger partial charge on any atom is -0.478 e. The first-order valence-electron chi connectivity index (χ1n) is 6.41. The van der Waals surface area contributed by atoms with Gasteiger partial charge < -0.3 is 15.6 Å². The SMILES string of the molecule is CCC(CC)OC1CC(C(=O)O)=CC(C(=N)N)C1. The van der Waals surface area contributed by atoms with E-state index in [0.29, 0.717) is 18.4 Å². The highest BCUT2D eigenvalue weighted by Crippen LogP contribution is 2.27. The van der Waals surface area contributed by atoms with E-state index in [1.54, 1.807) is 6.08 Å². The molecular formula is C13H22N2O3. The van der Waals surface area contributed by atoms with Crippen molar-refractivity contribution >= 4 is 11.8 Å². The summed E-state index contributed by atoms with van der Waals surface area (Å²) in [6.07, 6.45) is 4.39. The van der Waals surface area contributed by atoms with Crippen LogP contribution < -0.4 is 5.73 Å². The van der Waals surface area contributed by atoms with E-state index < -0.39 is 5.97 Å². The van der Waals surface area contributed by atoms with Crippen molar-refractivity contribution in [2.24, 2.45) is 11.7 Å². The topological polar surface area (TPSA) is 96.4 Å². The molecule has 0 aromatic carbocycles. The van der Waals surface area contributed by atoms with Gasteiger partial charge in [-0.25, -0.2) is 4.79 Å². The standard InChI is InChI=1S/C13H22N2O3/c1-3-10(4-2)18-11-6-8(12(14)15)5-9(7-11)13(16)17/h5,8,10-11H,3-4,6-7H2,1-2H3,(H3,14,15)(H,16,17). The van der Waals surface area contributed by atoms with Crippen LogP contribution in [0.4, 0.5) is 0 Å². The van der Waals surface area contributed by atoms with Crippen molar-refractivity contribution in [3.8, 4) is 0 Å². The molecular weight excluding hydrogens is 232 g/mol. The van der Waals surface area contributed by atoms with Crippen LogP contribution in [0.3, 0.4) is 0 Å². The highest BCUT2D eigenvalue weighted by molar-refractivity contribution is 5.90. The predicted octanol–water partition coefficient (Wildman–Crippen LogP) is 1.92. The molecule has 102 valence electrons. The summed E-state index contributed by atoms with van der Waals surface area (Å²) in [5, 5.41) is 16.5. The Morgan fingerprint density at radius 2 is 2.22 bits per heavy atom. The quantitative estimate of drug-likeness (QED) is 0.498. The molecule has 1 aliphatic rings. The van der Waals surface area contributed by atoms with E-state index in [4.69, 9.17) is 21.0 Å². The van der Waals surface area contributed by atoms with Crippen LogP contribution in [0.2, 0.25) is 0 Å². The fourth-order valence-corrected chi connectivity index (χ4v) is 2.22. The third kappa shape index (κ3) is 3.84. The van der Waals surface area contributed by atoms with E-state index in [2.05, 4.69) is 0 Å². The Hall–Kier alpha value is -1.36. The van der Waals surface area contributed by atoms with Crippen molar-refractivity contribution in [1.29, 1.82) is 5.41 Å². The van der Waals surface area contributed by atoms with Gasteiger partial charge in [0, 0.05) is 17.9 Å². The highest BCUT2D eigenvalue weighted by Gasteiger charge is 2.28. The summed E-state index contributed by atoms with van der Waals surface area (Å²) >= 11 is 0. The third-order valence-electron chi connectivity index (χ3n) is 3.34. The number of nitrogens with one attached hydrogen (secondary N) is 1. The summed E-state index contributed by atoms with van der Waals surface area (Å²) in [5.41, 5.74) is 5.78. The number of hydrogen-bond donors (Lipinski definition) is 3. The molecule has 2 atom stereocenters. The average molecular weight is 254 g/mol. The van der Waals surface area contributed by atoms with Crippen molar-refractivity contribution in [2.75, 3.05) is 0 Å². The Labute approximate surface area is 108 Å². The molecule has 0 saturated carbocycles. The highest BCUT2D eigenvalue weighted by atomic mass is 16.5. The van der Waals surface area contributed by atoms with Crippen LogP contribution in [0.1, 0.15) is 39.5 Å². The Kier molecular flexibility index (Phi) is 5.34. The lowest BCUT2D eigenvalue weighted by molar-refractivity contribution is -0.133. The van der Waals surface area contributed by atoms with Gasteiger partial charge in [-0.05, 0) is 19.3 Å². The third-order valence-corrected chi connectivity index (χ3v) is 3.34. The second-order valence-corrected chi connectivity index (χ2v) is 4.70. The molecule has 0 spiro atoms. The smallest absolute Gasteiger partial charge is 0.331 e. The van der Waals surface area contributed by atoms with Crippen LogP contribution in [-0.2, 0) is 9.53 Å². The summed E-state index contributed by atoms with van der Waals surface area (Å²) in [7, 11) is 0. The molecule has 5 nitrogen and oxygen atoms in total. The number of nitrogens with two attached hydrogens (primary N) is 1. The Bertz CT molecular complexity index is 348. The molecule has 0 radical (unpaired) electrons. The molecule has 5 heteroatoms. The minimum absolute atomic E-state index is 0.00611. The van der Waals surface area contributed by atoms with Crippen molar-refractivity contribution in [3.63, 3.8) is 0 Å². The fourth-order valence-electron chi connectivity index (χ4n) is 2.22. The van der Waals surface area contributed by atoms with Gasteiger partial charge in [-0.15, -0.1) is 0 Å². The Morgan fingerprint density at radius 1 is 1.61 bits per heavy atom. The lowest BCUT2D eigenvalue weighted by atomic mass is 9.87. The van der Waals surface area contributed by atoms with Gasteiger partial charge >= 0.3 is 5.97 Å². The van der Waals surface area contributed by atoms with Gasteiger partial charge in [-0.1, -0.05) is 19.9 Å². The summed E-state index contributed by atoms with van der Waals surface area (Å²) in [5.74, 6) is -1.25. The van der Waals surface area contributed by atoms with Crippen LogP contribution in [0, 0.1) is 11.3 Å². The van der Waals surface area contributed by atoms with Gasteiger partial charge in [0.2, 0.25) is 0 Å². The van der Waals surface area contributed by atoms with E-state index in [-0.39, 0.29) is 24.0 Å². The zero-order valence-electron chi connectivity index (χ0n) is 11.0. The number of carboxylic acids is 1. The van der Waals surface area contributed by atoms with Crippen molar-refractivity contribution in [1.82, 2.24) is 0 Å². The molecule has 0 amide bonds. The van der Waals surface area contributed by atoms with Crippen LogP contribution in [0.5, 0.6) is 0 Å². The van der Waals surface area contributed by atoms with Crippen molar-refractivity contribution in [2.45, 2.75) is 51.7 Å². The molecule has 0 heterocycles. The minimum atomic E-state index is -0.945. The summed E-state index contributed by atoms with van der Waals surface area (Å²) in [4.78, 5) is 11.1. The number of ether oxygens (including phenoxy) is 1. The maximum Gasteiger partial charge on any atom is 0.331 e. The molecule has 0 saturated heterocycles. The molecule has 0 aliphatic heterocycles. The van der Waals surface area contributed by atoms with E-state index >= 15 is 0 Å². The number of rotatable bonds is 6. The second kappa shape index (κ2) is 6.54. The number of carboxylic acid groups (broad SMARTS) is 1. The first-order valence-corrected chi connectivity index (χ1v) is 6.41. The number of amidine groups is 1. The summed E-state index contributed by atoms with van der Waals surface area (Å²) in [6.45, 7) is 4.10. The van der Waals surface area contributed by atoms with Crippen molar-refractivity contribution in [3.05, 3.63) is 11.6 Å². The van der Waals surface area contributed by atoms with E-state index in [0.717, 1.165) is 12.8 Å². The Balaban J connectivity index is 2.76. The molecule has 0 aromatic rings. The lowest BCUT2D eigenvalue weighted by Gasteiger charge is -2.29. The molecule has 1 rings (SSSR count). The largest absolute Gasteiger partial charge is 0.478 e. The molecule has 4 N–H and O–H groups in total. The molecule has 0 fully saturated rings. The van der Waals surface area contributed by atoms with Crippen LogP contribution in [-0.4, -0.2) is 29.1 Å². The molecule has 18 heavy (non-hydrogen) atoms. The summed E-state index contributed by atoms with van der Waals surface area (Å²) < 4.78 is 5.89. The molecule has 0 aromatic heterocycles. The summed E-state index contributed by atoms with van der Waals surface area (Å²) in [6, 6.07) is 0. The lowest BCUT2D eigenvalue weighted by Crippen LogP contribution is -2.33. The molecule has 1 aliphatic carbocycles. The first-order chi connectivity index (χ1) is 8.47. The zero-order chi connectivity index (χ0) is 13.7. The van der Waals surface area contributed by atoms with Crippen LogP contribution in [0.25, 0.3) is 0 Å². The van der Waals surface area contributed by atoms with Gasteiger partial charge in [0.05, 0.1) is 18.0 Å². The normalized spacial score (nSPS) is 23.8. The second-order valence-electron chi connectivity index (χ2n) is 4.70. The van der Waals surface area contributed by atoms with Crippen LogP contribution >= 0.6 is 0 Å². The number of carbonyl (C=O) groups is 1. The van der Waals surface area contributed by atoms with Crippen molar-refractivity contribution < 1.29 is 14.6 Å². The maximum absolute atomic E-state index is 11.1. The van der Waals surface area contributed by atoms with E-state index in [1.807, 2.05) is 13.8 Å². The number of hydrogen-bond acceptors (Lipinski definition) is 3. The maximum atomic E-state index is 11.1. The van der Waals surface area contributed by atoms with Gasteiger partial charge in [-0.2, -0.15) is 0 Å². The first kappa shape index (κ1) is 14.7. The zero-order valence-corrected chi connectivity index (χ0v) is 11.0. The Morgan fingerprint density at radius 3 is 2.67 bits per heavy atom. The van der Waals surface area contributed by atoms with Gasteiger partial charge in [-0.3, -0.25) is 5.41 Å². The number of aliphatic carboxylic acids is 1. The van der Waals surface area contributed by atoms with E-state index in [9.17, 15) is 4.79 Å².